The summed E-state index contributed by atoms with van der Waals surface area (Å²) >= 11 is 0. The first-order valence-electron chi connectivity index (χ1n) is 9.92. The minimum absolute atomic E-state index is 0.0440. The number of nitrogens with zero attached hydrogens (tertiary/aromatic N) is 4. The van der Waals surface area contributed by atoms with E-state index in [1.54, 1.807) is 27.7 Å². The van der Waals surface area contributed by atoms with Crippen molar-refractivity contribution in [2.45, 2.75) is 12.1 Å². The number of rotatable bonds is 2. The number of likely N-dealkylation sites (tertiary alicyclic amines) is 1. The summed E-state index contributed by atoms with van der Waals surface area (Å²) in [6, 6.07) is 14.6. The van der Waals surface area contributed by atoms with Crippen molar-refractivity contribution in [3.8, 4) is 16.9 Å². The van der Waals surface area contributed by atoms with Gasteiger partial charge in [-0.15, -0.1) is 0 Å². The Morgan fingerprint density at radius 3 is 2.60 bits per heavy atom. The molecule has 152 valence electrons. The number of likely N-dealkylation sites (N-methyl/N-ethyl adjacent to an activating group) is 1. The van der Waals surface area contributed by atoms with Crippen LogP contribution < -0.4 is 4.74 Å². The van der Waals surface area contributed by atoms with Crippen molar-refractivity contribution < 1.29 is 14.3 Å². The van der Waals surface area contributed by atoms with Crippen LogP contribution >= 0.6 is 0 Å². The average molecular weight is 402 g/mol. The fourth-order valence-corrected chi connectivity index (χ4v) is 4.22. The zero-order chi connectivity index (χ0) is 20.8. The van der Waals surface area contributed by atoms with E-state index in [0.29, 0.717) is 30.0 Å². The van der Waals surface area contributed by atoms with Gasteiger partial charge in [-0.3, -0.25) is 14.3 Å². The molecule has 2 aliphatic rings. The van der Waals surface area contributed by atoms with Crippen molar-refractivity contribution in [3.05, 3.63) is 72.1 Å². The van der Waals surface area contributed by atoms with Crippen LogP contribution in [0.25, 0.3) is 11.1 Å². The molecule has 0 spiro atoms. The lowest BCUT2D eigenvalue weighted by Crippen LogP contribution is -2.44. The third kappa shape index (κ3) is 3.03. The predicted molar refractivity (Wildman–Crippen MR) is 111 cm³/mol. The van der Waals surface area contributed by atoms with Gasteiger partial charge in [0.1, 0.15) is 11.9 Å². The van der Waals surface area contributed by atoms with Crippen LogP contribution in [0.4, 0.5) is 0 Å². The predicted octanol–water partition coefficient (Wildman–Crippen LogP) is 2.44. The van der Waals surface area contributed by atoms with Gasteiger partial charge in [0.05, 0.1) is 24.3 Å². The zero-order valence-electron chi connectivity index (χ0n) is 16.9. The van der Waals surface area contributed by atoms with Crippen molar-refractivity contribution in [1.29, 1.82) is 0 Å². The summed E-state index contributed by atoms with van der Waals surface area (Å²) in [5, 5.41) is 4.22. The Morgan fingerprint density at radius 1 is 1.07 bits per heavy atom. The van der Waals surface area contributed by atoms with Crippen LogP contribution in [0.1, 0.15) is 20.7 Å². The Morgan fingerprint density at radius 2 is 1.87 bits per heavy atom. The molecule has 0 unspecified atom stereocenters. The van der Waals surface area contributed by atoms with E-state index >= 15 is 0 Å². The molecule has 3 heterocycles. The van der Waals surface area contributed by atoms with E-state index in [2.05, 4.69) is 5.10 Å². The Hall–Kier alpha value is -3.61. The molecule has 5 rings (SSSR count). The monoisotopic (exact) mass is 402 g/mol. The molecule has 0 aliphatic carbocycles. The highest BCUT2D eigenvalue weighted by Gasteiger charge is 2.43. The highest BCUT2D eigenvalue weighted by atomic mass is 16.5. The summed E-state index contributed by atoms with van der Waals surface area (Å²) < 4.78 is 8.06. The van der Waals surface area contributed by atoms with E-state index in [-0.39, 0.29) is 24.0 Å². The smallest absolute Gasteiger partial charge is 0.257 e. The zero-order valence-corrected chi connectivity index (χ0v) is 16.9. The lowest BCUT2D eigenvalue weighted by Gasteiger charge is -2.25. The van der Waals surface area contributed by atoms with Gasteiger partial charge in [0.25, 0.3) is 11.8 Å². The number of hydrogen-bond donors (Lipinski definition) is 0. The van der Waals surface area contributed by atoms with Crippen molar-refractivity contribution >= 4 is 11.8 Å². The SMILES string of the molecule is CN1C(=O)c2ccc(-c3cnn(C)c3)cc2O[C@H]2CN(C(=O)c3ccccc3)C[C@H]21. The second kappa shape index (κ2) is 7.02. The van der Waals surface area contributed by atoms with Crippen LogP contribution in [0.5, 0.6) is 5.75 Å². The molecular weight excluding hydrogens is 380 g/mol. The summed E-state index contributed by atoms with van der Waals surface area (Å²) in [6.07, 6.45) is 3.42. The second-order valence-electron chi connectivity index (χ2n) is 7.83. The third-order valence-corrected chi connectivity index (χ3v) is 5.89. The first kappa shape index (κ1) is 18.4. The van der Waals surface area contributed by atoms with Crippen molar-refractivity contribution in [2.75, 3.05) is 20.1 Å². The van der Waals surface area contributed by atoms with Crippen LogP contribution in [0.15, 0.2) is 60.9 Å². The molecule has 2 amide bonds. The maximum atomic E-state index is 13.1. The quantitative estimate of drug-likeness (QED) is 0.660. The number of benzene rings is 2. The maximum absolute atomic E-state index is 13.1. The van der Waals surface area contributed by atoms with E-state index in [1.165, 1.54) is 0 Å². The molecule has 7 nitrogen and oxygen atoms in total. The minimum atomic E-state index is -0.281. The molecule has 2 aliphatic heterocycles. The van der Waals surface area contributed by atoms with Gasteiger partial charge < -0.3 is 14.5 Å². The fraction of sp³-hybridized carbons (Fsp3) is 0.261. The number of ether oxygens (including phenoxy) is 1. The van der Waals surface area contributed by atoms with Crippen molar-refractivity contribution in [2.24, 2.45) is 7.05 Å². The van der Waals surface area contributed by atoms with Gasteiger partial charge in [-0.25, -0.2) is 0 Å². The number of carbonyl (C=O) groups excluding carboxylic acids is 2. The van der Waals surface area contributed by atoms with Gasteiger partial charge in [0.2, 0.25) is 0 Å². The van der Waals surface area contributed by atoms with Gasteiger partial charge in [-0.2, -0.15) is 5.10 Å². The number of aromatic nitrogens is 2. The molecular formula is C23H22N4O3. The number of hydrogen-bond acceptors (Lipinski definition) is 4. The van der Waals surface area contributed by atoms with Gasteiger partial charge in [0.15, 0.2) is 0 Å². The van der Waals surface area contributed by atoms with Gasteiger partial charge in [-0.05, 0) is 29.8 Å². The molecule has 0 bridgehead atoms. The van der Waals surface area contributed by atoms with Crippen LogP contribution in [-0.4, -0.2) is 63.7 Å². The second-order valence-corrected chi connectivity index (χ2v) is 7.83. The normalized spacial score (nSPS) is 20.4. The van der Waals surface area contributed by atoms with Crippen LogP contribution in [0.3, 0.4) is 0 Å². The first-order valence-corrected chi connectivity index (χ1v) is 9.92. The molecule has 0 saturated carbocycles. The number of amides is 2. The van der Waals surface area contributed by atoms with Crippen LogP contribution in [-0.2, 0) is 7.05 Å². The van der Waals surface area contributed by atoms with Gasteiger partial charge >= 0.3 is 0 Å². The van der Waals surface area contributed by atoms with Crippen molar-refractivity contribution in [3.63, 3.8) is 0 Å². The summed E-state index contributed by atoms with van der Waals surface area (Å²) in [5.74, 6) is 0.413. The Balaban J connectivity index is 1.45. The molecule has 3 aromatic rings. The summed E-state index contributed by atoms with van der Waals surface area (Å²) in [5.41, 5.74) is 3.08. The third-order valence-electron chi connectivity index (χ3n) is 5.89. The highest BCUT2D eigenvalue weighted by Crippen LogP contribution is 2.34. The maximum Gasteiger partial charge on any atom is 0.257 e. The van der Waals surface area contributed by atoms with E-state index < -0.39 is 0 Å². The van der Waals surface area contributed by atoms with Gasteiger partial charge in [-0.1, -0.05) is 24.3 Å². The van der Waals surface area contributed by atoms with E-state index in [0.717, 1.165) is 11.1 Å². The Bertz CT molecular complexity index is 1120. The molecule has 1 aromatic heterocycles. The minimum Gasteiger partial charge on any atom is -0.485 e. The van der Waals surface area contributed by atoms with Gasteiger partial charge in [0, 0.05) is 38.0 Å². The largest absolute Gasteiger partial charge is 0.485 e. The Labute approximate surface area is 174 Å². The number of aryl methyl sites for hydroxylation is 1. The van der Waals surface area contributed by atoms with Crippen LogP contribution in [0.2, 0.25) is 0 Å². The molecule has 2 aromatic carbocycles. The molecule has 0 N–H and O–H groups in total. The number of fused-ring (bicyclic) bond motifs is 2. The summed E-state index contributed by atoms with van der Waals surface area (Å²) in [7, 11) is 3.65. The molecule has 0 radical (unpaired) electrons. The van der Waals surface area contributed by atoms with Crippen molar-refractivity contribution in [1.82, 2.24) is 19.6 Å². The first-order chi connectivity index (χ1) is 14.5. The van der Waals surface area contributed by atoms with E-state index in [9.17, 15) is 9.59 Å². The topological polar surface area (TPSA) is 67.7 Å². The average Bonchev–Trinajstić information content (AvgIpc) is 3.37. The van der Waals surface area contributed by atoms with E-state index in [1.807, 2.05) is 61.8 Å². The number of carbonyl (C=O) groups is 2. The molecule has 1 saturated heterocycles. The lowest BCUT2D eigenvalue weighted by molar-refractivity contribution is 0.0674. The van der Waals surface area contributed by atoms with E-state index in [4.69, 9.17) is 4.74 Å². The Kier molecular flexibility index (Phi) is 4.31. The van der Waals surface area contributed by atoms with Crippen LogP contribution in [0, 0.1) is 0 Å². The highest BCUT2D eigenvalue weighted by molar-refractivity contribution is 5.98. The summed E-state index contributed by atoms with van der Waals surface area (Å²) in [4.78, 5) is 29.5. The molecule has 2 atom stereocenters. The fourth-order valence-electron chi connectivity index (χ4n) is 4.22. The lowest BCUT2D eigenvalue weighted by atomic mass is 10.1. The standard InChI is InChI=1S/C23H22N4O3/c1-25-12-17(11-24-25)16-8-9-18-20(10-16)30-21-14-27(13-19(21)26(2)23(18)29)22(28)15-6-4-3-5-7-15/h3-12,19,21H,13-14H2,1-2H3/t19-,21+/m1/s1. The molecule has 1 fully saturated rings. The molecule has 7 heteroatoms. The molecule has 30 heavy (non-hydrogen) atoms. The summed E-state index contributed by atoms with van der Waals surface area (Å²) in [6.45, 7) is 0.886.